The molecule has 3 aromatic rings. The van der Waals surface area contributed by atoms with Crippen LogP contribution in [0.15, 0.2) is 39.0 Å². The van der Waals surface area contributed by atoms with Crippen LogP contribution in [-0.2, 0) is 0 Å². The van der Waals surface area contributed by atoms with Gasteiger partial charge in [-0.2, -0.15) is 5.10 Å². The highest BCUT2D eigenvalue weighted by molar-refractivity contribution is 7.22. The van der Waals surface area contributed by atoms with Crippen LogP contribution in [0.5, 0.6) is 5.88 Å². The van der Waals surface area contributed by atoms with E-state index >= 15 is 0 Å². The Morgan fingerprint density at radius 2 is 2.10 bits per heavy atom. The van der Waals surface area contributed by atoms with Crippen LogP contribution >= 0.6 is 11.3 Å². The van der Waals surface area contributed by atoms with Gasteiger partial charge in [0.15, 0.2) is 0 Å². The van der Waals surface area contributed by atoms with Gasteiger partial charge < -0.3 is 5.11 Å². The second kappa shape index (κ2) is 5.21. The molecule has 4 N–H and O–H groups in total. The van der Waals surface area contributed by atoms with Crippen LogP contribution < -0.4 is 16.7 Å². The Morgan fingerprint density at radius 3 is 2.86 bits per heavy atom. The molecule has 0 aliphatic carbocycles. The molecule has 0 radical (unpaired) electrons. The van der Waals surface area contributed by atoms with Gasteiger partial charge in [-0.1, -0.05) is 23.5 Å². The summed E-state index contributed by atoms with van der Waals surface area (Å²) >= 11 is 1.40. The number of hydrazone groups is 1. The summed E-state index contributed by atoms with van der Waals surface area (Å²) in [4.78, 5) is 30.7. The van der Waals surface area contributed by atoms with Gasteiger partial charge in [-0.25, -0.2) is 9.78 Å². The van der Waals surface area contributed by atoms with Gasteiger partial charge in [0.25, 0.3) is 5.56 Å². The number of hydrogen-bond donors (Lipinski definition) is 4. The van der Waals surface area contributed by atoms with Gasteiger partial charge in [0.05, 0.1) is 16.4 Å². The minimum Gasteiger partial charge on any atom is -0.494 e. The smallest absolute Gasteiger partial charge is 0.328 e. The quantitative estimate of drug-likeness (QED) is 0.421. The van der Waals surface area contributed by atoms with Gasteiger partial charge in [0.2, 0.25) is 11.0 Å². The lowest BCUT2D eigenvalue weighted by Gasteiger charge is -1.96. The Morgan fingerprint density at radius 1 is 1.29 bits per heavy atom. The molecule has 0 saturated carbocycles. The number of aromatic amines is 2. The highest BCUT2D eigenvalue weighted by Gasteiger charge is 2.06. The lowest BCUT2D eigenvalue weighted by molar-refractivity contribution is 0.447. The second-order valence-electron chi connectivity index (χ2n) is 4.03. The van der Waals surface area contributed by atoms with Crippen molar-refractivity contribution in [3.63, 3.8) is 0 Å². The normalized spacial score (nSPS) is 11.2. The van der Waals surface area contributed by atoms with E-state index in [1.54, 1.807) is 0 Å². The van der Waals surface area contributed by atoms with Crippen molar-refractivity contribution in [3.8, 4) is 5.88 Å². The van der Waals surface area contributed by atoms with Gasteiger partial charge in [-0.05, 0) is 12.1 Å². The fraction of sp³-hybridized carbons (Fsp3) is 0. The average molecular weight is 303 g/mol. The van der Waals surface area contributed by atoms with Crippen LogP contribution in [0.3, 0.4) is 0 Å². The largest absolute Gasteiger partial charge is 0.494 e. The van der Waals surface area contributed by atoms with Gasteiger partial charge in [-0.15, -0.1) is 0 Å². The number of benzene rings is 1. The molecule has 21 heavy (non-hydrogen) atoms. The monoisotopic (exact) mass is 303 g/mol. The number of fused-ring (bicyclic) bond motifs is 1. The maximum Gasteiger partial charge on any atom is 0.328 e. The van der Waals surface area contributed by atoms with Crippen LogP contribution in [0.1, 0.15) is 5.56 Å². The molecule has 9 heteroatoms. The van der Waals surface area contributed by atoms with E-state index in [4.69, 9.17) is 0 Å². The van der Waals surface area contributed by atoms with Crippen molar-refractivity contribution in [2.24, 2.45) is 5.10 Å². The molecule has 0 bridgehead atoms. The first-order valence-corrected chi connectivity index (χ1v) is 6.65. The second-order valence-corrected chi connectivity index (χ2v) is 5.06. The van der Waals surface area contributed by atoms with E-state index in [1.165, 1.54) is 11.3 Å². The first kappa shape index (κ1) is 13.1. The summed E-state index contributed by atoms with van der Waals surface area (Å²) < 4.78 is 1.000. The first-order chi connectivity index (χ1) is 10.1. The minimum atomic E-state index is -0.784. The zero-order valence-corrected chi connectivity index (χ0v) is 11.3. The third kappa shape index (κ3) is 2.67. The van der Waals surface area contributed by atoms with E-state index in [0.29, 0.717) is 5.13 Å². The minimum absolute atomic E-state index is 0.150. The van der Waals surface area contributed by atoms with Gasteiger partial charge >= 0.3 is 5.69 Å². The van der Waals surface area contributed by atoms with Crippen molar-refractivity contribution in [2.75, 3.05) is 5.43 Å². The van der Waals surface area contributed by atoms with Gasteiger partial charge in [-0.3, -0.25) is 20.2 Å². The number of anilines is 1. The van der Waals surface area contributed by atoms with Crippen LogP contribution in [0.2, 0.25) is 0 Å². The van der Waals surface area contributed by atoms with Crippen molar-refractivity contribution in [2.45, 2.75) is 0 Å². The predicted octanol–water partition coefficient (Wildman–Crippen LogP) is 0.824. The SMILES string of the molecule is O=c1[nH]c(O)c(C=NNc2nc3ccccc3s2)c(=O)[nH]1. The molecule has 0 aliphatic heterocycles. The van der Waals surface area contributed by atoms with Crippen molar-refractivity contribution in [3.05, 3.63) is 50.7 Å². The van der Waals surface area contributed by atoms with E-state index in [1.807, 2.05) is 29.2 Å². The van der Waals surface area contributed by atoms with Crippen molar-refractivity contribution >= 4 is 32.9 Å². The van der Waals surface area contributed by atoms with Crippen LogP contribution in [-0.4, -0.2) is 26.3 Å². The Hall–Kier alpha value is -2.94. The van der Waals surface area contributed by atoms with E-state index in [-0.39, 0.29) is 5.56 Å². The van der Waals surface area contributed by atoms with E-state index < -0.39 is 17.1 Å². The summed E-state index contributed by atoms with van der Waals surface area (Å²) in [6, 6.07) is 7.60. The number of H-pyrrole nitrogens is 2. The summed E-state index contributed by atoms with van der Waals surface area (Å²) in [6.07, 6.45) is 1.11. The predicted molar refractivity (Wildman–Crippen MR) is 80.2 cm³/mol. The molecular weight excluding hydrogens is 294 g/mol. The fourth-order valence-corrected chi connectivity index (χ4v) is 2.49. The highest BCUT2D eigenvalue weighted by Crippen LogP contribution is 2.25. The summed E-state index contributed by atoms with van der Waals surface area (Å²) in [6.45, 7) is 0. The van der Waals surface area contributed by atoms with Crippen LogP contribution in [0, 0.1) is 0 Å². The molecule has 3 rings (SSSR count). The Kier molecular flexibility index (Phi) is 3.24. The molecule has 0 spiro atoms. The molecule has 8 nitrogen and oxygen atoms in total. The average Bonchev–Trinajstić information content (AvgIpc) is 2.84. The number of aromatic hydroxyl groups is 1. The topological polar surface area (TPSA) is 123 Å². The summed E-state index contributed by atoms with van der Waals surface area (Å²) in [5.41, 5.74) is 1.85. The van der Waals surface area contributed by atoms with E-state index in [2.05, 4.69) is 20.5 Å². The molecule has 106 valence electrons. The highest BCUT2D eigenvalue weighted by atomic mass is 32.1. The third-order valence-corrected chi connectivity index (χ3v) is 3.55. The number of thiazole rings is 1. The Balaban J connectivity index is 1.84. The number of para-hydroxylation sites is 1. The van der Waals surface area contributed by atoms with Gasteiger partial charge in [0, 0.05) is 0 Å². The summed E-state index contributed by atoms with van der Waals surface area (Å²) in [7, 11) is 0. The molecule has 0 atom stereocenters. The lowest BCUT2D eigenvalue weighted by atomic mass is 10.3. The summed E-state index contributed by atoms with van der Waals surface area (Å²) in [5.74, 6) is -0.543. The number of nitrogens with zero attached hydrogens (tertiary/aromatic N) is 2. The zero-order valence-electron chi connectivity index (χ0n) is 10.5. The fourth-order valence-electron chi connectivity index (χ4n) is 1.68. The number of aromatic nitrogens is 3. The molecule has 2 heterocycles. The first-order valence-electron chi connectivity index (χ1n) is 5.84. The van der Waals surface area contributed by atoms with Crippen molar-refractivity contribution in [1.82, 2.24) is 15.0 Å². The number of nitrogens with one attached hydrogen (secondary N) is 3. The van der Waals surface area contributed by atoms with Crippen molar-refractivity contribution < 1.29 is 5.11 Å². The maximum absolute atomic E-state index is 11.5. The van der Waals surface area contributed by atoms with Gasteiger partial charge in [0.1, 0.15) is 5.56 Å². The Labute approximate surface area is 120 Å². The Bertz CT molecular complexity index is 907. The van der Waals surface area contributed by atoms with E-state index in [0.717, 1.165) is 16.4 Å². The summed E-state index contributed by atoms with van der Waals surface area (Å²) in [5, 5.41) is 13.9. The maximum atomic E-state index is 11.5. The third-order valence-electron chi connectivity index (χ3n) is 2.61. The lowest BCUT2D eigenvalue weighted by Crippen LogP contribution is -2.25. The van der Waals surface area contributed by atoms with Crippen molar-refractivity contribution in [1.29, 1.82) is 0 Å². The standard InChI is InChI=1S/C12H9N5O3S/c18-9-6(10(19)16-11(20)15-9)5-13-17-12-14-7-3-1-2-4-8(7)21-12/h1-5H,(H,14,17)(H3,15,16,18,19,20). The molecule has 0 aliphatic rings. The van der Waals surface area contributed by atoms with Crippen LogP contribution in [0.4, 0.5) is 5.13 Å². The molecule has 0 amide bonds. The van der Waals surface area contributed by atoms with E-state index in [9.17, 15) is 14.7 Å². The number of rotatable bonds is 3. The molecule has 0 saturated heterocycles. The molecule has 0 fully saturated rings. The van der Waals surface area contributed by atoms with Crippen LogP contribution in [0.25, 0.3) is 10.2 Å². The zero-order chi connectivity index (χ0) is 14.8. The molecular formula is C12H9N5O3S. The molecule has 0 unspecified atom stereocenters. The number of hydrogen-bond acceptors (Lipinski definition) is 7. The molecule has 2 aromatic heterocycles. The molecule has 1 aromatic carbocycles.